The molecule has 1 heterocycles. The van der Waals surface area contributed by atoms with Crippen LogP contribution in [0.15, 0.2) is 12.1 Å². The summed E-state index contributed by atoms with van der Waals surface area (Å²) in [5.74, 6) is 0.481. The Bertz CT molecular complexity index is 297. The Labute approximate surface area is 82.1 Å². The maximum atomic E-state index is 5.35. The molecule has 1 aromatic heterocycles. The molecule has 0 bridgehead atoms. The molecule has 0 unspecified atom stereocenters. The molecule has 0 aliphatic rings. The maximum absolute atomic E-state index is 5.35. The van der Waals surface area contributed by atoms with Crippen molar-refractivity contribution in [1.82, 2.24) is 10.2 Å². The van der Waals surface area contributed by atoms with E-state index < -0.39 is 0 Å². The van der Waals surface area contributed by atoms with Crippen molar-refractivity contribution in [1.29, 1.82) is 0 Å². The SMILES string of the molecule is CC(C)Oc1ccc(C(N)=S)nn1. The van der Waals surface area contributed by atoms with Gasteiger partial charge in [0, 0.05) is 6.07 Å². The summed E-state index contributed by atoms with van der Waals surface area (Å²) < 4.78 is 5.29. The quantitative estimate of drug-likeness (QED) is 0.729. The number of nitrogens with two attached hydrogens (primary N) is 1. The van der Waals surface area contributed by atoms with Crippen molar-refractivity contribution in [2.45, 2.75) is 20.0 Å². The first-order valence-electron chi connectivity index (χ1n) is 3.90. The molecule has 0 fully saturated rings. The van der Waals surface area contributed by atoms with Gasteiger partial charge >= 0.3 is 0 Å². The molecule has 0 aliphatic heterocycles. The Hall–Kier alpha value is -1.23. The summed E-state index contributed by atoms with van der Waals surface area (Å²) in [6, 6.07) is 3.38. The second-order valence-corrected chi connectivity index (χ2v) is 3.23. The highest BCUT2D eigenvalue weighted by Gasteiger charge is 2.01. The molecule has 4 nitrogen and oxygen atoms in total. The number of rotatable bonds is 3. The lowest BCUT2D eigenvalue weighted by Crippen LogP contribution is -2.13. The summed E-state index contributed by atoms with van der Waals surface area (Å²) >= 11 is 4.73. The van der Waals surface area contributed by atoms with Gasteiger partial charge in [0.1, 0.15) is 10.7 Å². The molecule has 5 heteroatoms. The van der Waals surface area contributed by atoms with Crippen molar-refractivity contribution in [3.8, 4) is 5.88 Å². The van der Waals surface area contributed by atoms with E-state index in [1.165, 1.54) is 0 Å². The standard InChI is InChI=1S/C8H11N3OS/c1-5(2)12-7-4-3-6(8(9)13)10-11-7/h3-5H,1-2H3,(H2,9,13). The Morgan fingerprint density at radius 2 is 2.15 bits per heavy atom. The molecule has 0 aliphatic carbocycles. The molecule has 70 valence electrons. The van der Waals surface area contributed by atoms with Crippen LogP contribution in [0.5, 0.6) is 5.88 Å². The first-order valence-corrected chi connectivity index (χ1v) is 4.30. The first-order chi connectivity index (χ1) is 6.09. The lowest BCUT2D eigenvalue weighted by molar-refractivity contribution is 0.230. The van der Waals surface area contributed by atoms with Crippen LogP contribution in [0.25, 0.3) is 0 Å². The molecule has 2 N–H and O–H groups in total. The minimum atomic E-state index is 0.0879. The number of nitrogens with zero attached hydrogens (tertiary/aromatic N) is 2. The van der Waals surface area contributed by atoms with Crippen molar-refractivity contribution in [3.05, 3.63) is 17.8 Å². The molecule has 0 atom stereocenters. The average molecular weight is 197 g/mol. The third-order valence-electron chi connectivity index (χ3n) is 1.25. The van der Waals surface area contributed by atoms with Crippen molar-refractivity contribution >= 4 is 17.2 Å². The van der Waals surface area contributed by atoms with Crippen molar-refractivity contribution < 1.29 is 4.74 Å². The number of hydrogen-bond donors (Lipinski definition) is 1. The number of hydrogen-bond acceptors (Lipinski definition) is 4. The van der Waals surface area contributed by atoms with Gasteiger partial charge < -0.3 is 10.5 Å². The van der Waals surface area contributed by atoms with Gasteiger partial charge in [-0.05, 0) is 19.9 Å². The monoisotopic (exact) mass is 197 g/mol. The molecular weight excluding hydrogens is 186 g/mol. The van der Waals surface area contributed by atoms with Gasteiger partial charge in [-0.15, -0.1) is 10.2 Å². The van der Waals surface area contributed by atoms with Crippen LogP contribution in [0.1, 0.15) is 19.5 Å². The number of thiocarbonyl (C=S) groups is 1. The summed E-state index contributed by atoms with van der Waals surface area (Å²) in [6.07, 6.45) is 0.0879. The Morgan fingerprint density at radius 1 is 1.46 bits per heavy atom. The molecule has 1 aromatic rings. The minimum Gasteiger partial charge on any atom is -0.474 e. The highest BCUT2D eigenvalue weighted by Crippen LogP contribution is 2.06. The zero-order chi connectivity index (χ0) is 9.84. The Kier molecular flexibility index (Phi) is 3.13. The highest BCUT2D eigenvalue weighted by atomic mass is 32.1. The molecule has 1 rings (SSSR count). The minimum absolute atomic E-state index is 0.0879. The van der Waals surface area contributed by atoms with E-state index in [1.54, 1.807) is 12.1 Å². The van der Waals surface area contributed by atoms with Crippen molar-refractivity contribution in [3.63, 3.8) is 0 Å². The first kappa shape index (κ1) is 9.85. The number of ether oxygens (including phenoxy) is 1. The smallest absolute Gasteiger partial charge is 0.233 e. The summed E-state index contributed by atoms with van der Waals surface area (Å²) in [6.45, 7) is 3.84. The fraction of sp³-hybridized carbons (Fsp3) is 0.375. The summed E-state index contributed by atoms with van der Waals surface area (Å²) in [4.78, 5) is 0.239. The van der Waals surface area contributed by atoms with Crippen molar-refractivity contribution in [2.24, 2.45) is 5.73 Å². The fourth-order valence-electron chi connectivity index (χ4n) is 0.756. The van der Waals surface area contributed by atoms with Crippen LogP contribution >= 0.6 is 12.2 Å². The van der Waals surface area contributed by atoms with Gasteiger partial charge in [0.05, 0.1) is 6.10 Å². The second-order valence-electron chi connectivity index (χ2n) is 2.79. The van der Waals surface area contributed by atoms with Gasteiger partial charge in [0.15, 0.2) is 0 Å². The van der Waals surface area contributed by atoms with E-state index in [0.717, 1.165) is 0 Å². The van der Waals surface area contributed by atoms with Crippen LogP contribution in [-0.4, -0.2) is 21.3 Å². The van der Waals surface area contributed by atoms with Crippen LogP contribution in [0.4, 0.5) is 0 Å². The van der Waals surface area contributed by atoms with Gasteiger partial charge in [-0.25, -0.2) is 0 Å². The molecule has 0 aromatic carbocycles. The average Bonchev–Trinajstić information content (AvgIpc) is 2.04. The second kappa shape index (κ2) is 4.13. The Morgan fingerprint density at radius 3 is 2.54 bits per heavy atom. The van der Waals surface area contributed by atoms with E-state index in [-0.39, 0.29) is 11.1 Å². The van der Waals surface area contributed by atoms with Crippen LogP contribution in [-0.2, 0) is 0 Å². The molecule has 0 radical (unpaired) electrons. The van der Waals surface area contributed by atoms with E-state index in [0.29, 0.717) is 11.6 Å². The van der Waals surface area contributed by atoms with Crippen LogP contribution in [0, 0.1) is 0 Å². The molecular formula is C8H11N3OS. The van der Waals surface area contributed by atoms with Gasteiger partial charge in [0.2, 0.25) is 5.88 Å². The summed E-state index contributed by atoms with van der Waals surface area (Å²) in [5, 5.41) is 7.59. The van der Waals surface area contributed by atoms with E-state index in [4.69, 9.17) is 22.7 Å². The normalized spacial score (nSPS) is 10.1. The predicted molar refractivity (Wildman–Crippen MR) is 53.7 cm³/mol. The van der Waals surface area contributed by atoms with Crippen LogP contribution < -0.4 is 10.5 Å². The maximum Gasteiger partial charge on any atom is 0.233 e. The third kappa shape index (κ3) is 2.95. The molecule has 0 amide bonds. The van der Waals surface area contributed by atoms with E-state index in [2.05, 4.69) is 10.2 Å². The van der Waals surface area contributed by atoms with E-state index in [9.17, 15) is 0 Å². The highest BCUT2D eigenvalue weighted by molar-refractivity contribution is 7.80. The largest absolute Gasteiger partial charge is 0.474 e. The number of aromatic nitrogens is 2. The van der Waals surface area contributed by atoms with E-state index >= 15 is 0 Å². The van der Waals surface area contributed by atoms with Gasteiger partial charge in [-0.2, -0.15) is 0 Å². The zero-order valence-electron chi connectivity index (χ0n) is 7.52. The van der Waals surface area contributed by atoms with Gasteiger partial charge in [-0.1, -0.05) is 12.2 Å². The lowest BCUT2D eigenvalue weighted by atomic mass is 10.4. The summed E-state index contributed by atoms with van der Waals surface area (Å²) in [5.41, 5.74) is 5.86. The van der Waals surface area contributed by atoms with Crippen LogP contribution in [0.2, 0.25) is 0 Å². The van der Waals surface area contributed by atoms with E-state index in [1.807, 2.05) is 13.8 Å². The van der Waals surface area contributed by atoms with Crippen LogP contribution in [0.3, 0.4) is 0 Å². The molecule has 0 saturated heterocycles. The lowest BCUT2D eigenvalue weighted by Gasteiger charge is -2.07. The molecule has 0 spiro atoms. The zero-order valence-corrected chi connectivity index (χ0v) is 8.34. The molecule has 13 heavy (non-hydrogen) atoms. The fourth-order valence-corrected chi connectivity index (χ4v) is 0.865. The molecule has 0 saturated carbocycles. The topological polar surface area (TPSA) is 61.0 Å². The Balaban J connectivity index is 2.75. The third-order valence-corrected chi connectivity index (χ3v) is 1.46. The van der Waals surface area contributed by atoms with Crippen molar-refractivity contribution in [2.75, 3.05) is 0 Å². The van der Waals surface area contributed by atoms with Gasteiger partial charge in [-0.3, -0.25) is 0 Å². The predicted octanol–water partition coefficient (Wildman–Crippen LogP) is 0.898. The van der Waals surface area contributed by atoms with Gasteiger partial charge in [0.25, 0.3) is 0 Å². The summed E-state index contributed by atoms with van der Waals surface area (Å²) in [7, 11) is 0.